The van der Waals surface area contributed by atoms with Gasteiger partial charge in [0.2, 0.25) is 0 Å². The molecule has 0 aliphatic carbocycles. The Morgan fingerprint density at radius 2 is 2.00 bits per heavy atom. The van der Waals surface area contributed by atoms with Crippen LogP contribution in [0.2, 0.25) is 0 Å². The van der Waals surface area contributed by atoms with E-state index in [4.69, 9.17) is 14.2 Å². The summed E-state index contributed by atoms with van der Waals surface area (Å²) in [5.41, 5.74) is 0.733. The zero-order chi connectivity index (χ0) is 13.3. The highest BCUT2D eigenvalue weighted by atomic mass is 16.6. The fourth-order valence-corrected chi connectivity index (χ4v) is 2.68. The molecule has 4 heteroatoms. The third-order valence-corrected chi connectivity index (χ3v) is 3.68. The van der Waals surface area contributed by atoms with E-state index in [2.05, 4.69) is 6.58 Å². The molecule has 0 radical (unpaired) electrons. The first kappa shape index (κ1) is 12.1. The van der Waals surface area contributed by atoms with Gasteiger partial charge in [0.15, 0.2) is 11.5 Å². The van der Waals surface area contributed by atoms with E-state index in [1.54, 1.807) is 0 Å². The minimum atomic E-state index is -0.311. The van der Waals surface area contributed by atoms with E-state index < -0.39 is 0 Å². The summed E-state index contributed by atoms with van der Waals surface area (Å²) in [6.45, 7) is 5.32. The van der Waals surface area contributed by atoms with Crippen LogP contribution in [-0.4, -0.2) is 25.8 Å². The lowest BCUT2D eigenvalue weighted by molar-refractivity contribution is -0.137. The van der Waals surface area contributed by atoms with Crippen molar-refractivity contribution >= 4 is 5.97 Å². The van der Waals surface area contributed by atoms with Gasteiger partial charge in [0.25, 0.3) is 0 Å². The van der Waals surface area contributed by atoms with E-state index in [1.165, 1.54) is 0 Å². The van der Waals surface area contributed by atoms with Crippen molar-refractivity contribution in [2.75, 3.05) is 19.8 Å². The van der Waals surface area contributed by atoms with Gasteiger partial charge in [0, 0.05) is 5.41 Å². The predicted molar refractivity (Wildman–Crippen MR) is 69.5 cm³/mol. The van der Waals surface area contributed by atoms with E-state index in [9.17, 15) is 4.79 Å². The van der Waals surface area contributed by atoms with Crippen molar-refractivity contribution in [3.63, 3.8) is 0 Å². The molecule has 1 aromatic rings. The fraction of sp³-hybridized carbons (Fsp3) is 0.400. The highest BCUT2D eigenvalue weighted by Gasteiger charge is 2.41. The predicted octanol–water partition coefficient (Wildman–Crippen LogP) is 2.22. The van der Waals surface area contributed by atoms with Crippen LogP contribution in [0.5, 0.6) is 11.5 Å². The van der Waals surface area contributed by atoms with E-state index in [0.29, 0.717) is 32.7 Å². The van der Waals surface area contributed by atoms with Gasteiger partial charge in [0.05, 0.1) is 6.42 Å². The monoisotopic (exact) mass is 260 g/mol. The van der Waals surface area contributed by atoms with Crippen LogP contribution in [-0.2, 0) is 14.9 Å². The molecular formula is C15H16O4. The maximum Gasteiger partial charge on any atom is 0.306 e. The maximum absolute atomic E-state index is 11.5. The van der Waals surface area contributed by atoms with E-state index in [0.717, 1.165) is 17.1 Å². The summed E-state index contributed by atoms with van der Waals surface area (Å²) in [4.78, 5) is 11.5. The summed E-state index contributed by atoms with van der Waals surface area (Å²) >= 11 is 0. The lowest BCUT2D eigenvalue weighted by Crippen LogP contribution is -2.26. The minimum absolute atomic E-state index is 0.156. The van der Waals surface area contributed by atoms with Gasteiger partial charge in [-0.2, -0.15) is 0 Å². The van der Waals surface area contributed by atoms with Gasteiger partial charge in [-0.05, 0) is 24.1 Å². The van der Waals surface area contributed by atoms with Crippen molar-refractivity contribution in [2.24, 2.45) is 0 Å². The molecule has 100 valence electrons. The number of fused-ring (bicyclic) bond motifs is 1. The number of allylic oxidation sites excluding steroid dienone is 1. The quantitative estimate of drug-likeness (QED) is 0.617. The molecule has 2 aliphatic heterocycles. The second-order valence-corrected chi connectivity index (χ2v) is 4.97. The summed E-state index contributed by atoms with van der Waals surface area (Å²) < 4.78 is 16.3. The van der Waals surface area contributed by atoms with Crippen molar-refractivity contribution in [3.8, 4) is 11.5 Å². The molecule has 4 nitrogen and oxygen atoms in total. The molecular weight excluding hydrogens is 244 g/mol. The number of cyclic esters (lactones) is 1. The van der Waals surface area contributed by atoms with Gasteiger partial charge in [-0.1, -0.05) is 12.1 Å². The molecule has 0 N–H and O–H groups in total. The zero-order valence-electron chi connectivity index (χ0n) is 10.7. The molecule has 1 aromatic carbocycles. The molecule has 1 saturated heterocycles. The molecule has 0 saturated carbocycles. The lowest BCUT2D eigenvalue weighted by atomic mass is 9.77. The van der Waals surface area contributed by atoms with Crippen molar-refractivity contribution < 1.29 is 19.0 Å². The van der Waals surface area contributed by atoms with Crippen LogP contribution in [0.4, 0.5) is 0 Å². The van der Waals surface area contributed by atoms with Gasteiger partial charge in [0.1, 0.15) is 19.8 Å². The molecule has 3 rings (SSSR count). The minimum Gasteiger partial charge on any atom is -0.486 e. The third kappa shape index (κ3) is 2.07. The van der Waals surface area contributed by atoms with Gasteiger partial charge in [-0.25, -0.2) is 0 Å². The molecule has 0 unspecified atom stereocenters. The molecule has 0 spiro atoms. The normalized spacial score (nSPS) is 24.9. The molecule has 0 bridgehead atoms. The van der Waals surface area contributed by atoms with Crippen molar-refractivity contribution in [2.45, 2.75) is 18.3 Å². The summed E-state index contributed by atoms with van der Waals surface area (Å²) in [7, 11) is 0. The molecule has 19 heavy (non-hydrogen) atoms. The average Bonchev–Trinajstić information content (AvgIpc) is 2.81. The Hall–Kier alpha value is -1.97. The van der Waals surface area contributed by atoms with E-state index in [1.807, 2.05) is 24.3 Å². The Labute approximate surface area is 112 Å². The molecule has 0 amide bonds. The first-order valence-electron chi connectivity index (χ1n) is 6.40. The van der Waals surface area contributed by atoms with Crippen LogP contribution in [0.1, 0.15) is 18.4 Å². The maximum atomic E-state index is 11.5. The summed E-state index contributed by atoms with van der Waals surface area (Å²) in [5.74, 6) is 1.34. The third-order valence-electron chi connectivity index (χ3n) is 3.68. The number of hydrogen-bond donors (Lipinski definition) is 0. The first-order chi connectivity index (χ1) is 9.23. The number of carbonyl (C=O) groups excluding carboxylic acids is 1. The molecule has 1 fully saturated rings. The second kappa shape index (κ2) is 4.61. The molecule has 1 atom stereocenters. The van der Waals surface area contributed by atoms with Crippen LogP contribution in [0.25, 0.3) is 0 Å². The summed E-state index contributed by atoms with van der Waals surface area (Å²) in [5, 5.41) is 0. The van der Waals surface area contributed by atoms with Gasteiger partial charge >= 0.3 is 5.97 Å². The van der Waals surface area contributed by atoms with Crippen molar-refractivity contribution in [1.29, 1.82) is 0 Å². The Morgan fingerprint density at radius 3 is 2.68 bits per heavy atom. The first-order valence-corrected chi connectivity index (χ1v) is 6.40. The highest BCUT2D eigenvalue weighted by Crippen LogP contribution is 2.41. The Bertz CT molecular complexity index is 523. The fourth-order valence-electron chi connectivity index (χ4n) is 2.68. The molecule has 2 aliphatic rings. The summed E-state index contributed by atoms with van der Waals surface area (Å²) in [6, 6.07) is 5.84. The molecule has 0 aromatic heterocycles. The Kier molecular flexibility index (Phi) is 2.93. The topological polar surface area (TPSA) is 44.8 Å². The average molecular weight is 260 g/mol. The number of hydrogen-bond acceptors (Lipinski definition) is 4. The Balaban J connectivity index is 1.99. The van der Waals surface area contributed by atoms with Crippen LogP contribution in [0, 0.1) is 0 Å². The number of esters is 1. The number of ether oxygens (including phenoxy) is 3. The second-order valence-electron chi connectivity index (χ2n) is 4.97. The van der Waals surface area contributed by atoms with Crippen LogP contribution in [0.3, 0.4) is 0 Å². The SMILES string of the molecule is C=CC[C@@]1(c2ccc3c(c2)OCCO3)COC(=O)C1. The largest absolute Gasteiger partial charge is 0.486 e. The number of benzene rings is 1. The van der Waals surface area contributed by atoms with Gasteiger partial charge in [-0.15, -0.1) is 6.58 Å². The van der Waals surface area contributed by atoms with Crippen LogP contribution in [0.15, 0.2) is 30.9 Å². The van der Waals surface area contributed by atoms with E-state index in [-0.39, 0.29) is 11.4 Å². The van der Waals surface area contributed by atoms with Crippen LogP contribution >= 0.6 is 0 Å². The smallest absolute Gasteiger partial charge is 0.306 e. The highest BCUT2D eigenvalue weighted by molar-refractivity contribution is 5.74. The number of rotatable bonds is 3. The van der Waals surface area contributed by atoms with Crippen molar-refractivity contribution in [3.05, 3.63) is 36.4 Å². The van der Waals surface area contributed by atoms with E-state index >= 15 is 0 Å². The Morgan fingerprint density at radius 1 is 1.21 bits per heavy atom. The van der Waals surface area contributed by atoms with Gasteiger partial charge < -0.3 is 14.2 Å². The van der Waals surface area contributed by atoms with Gasteiger partial charge in [-0.3, -0.25) is 4.79 Å². The molecule has 2 heterocycles. The summed E-state index contributed by atoms with van der Waals surface area (Å²) in [6.07, 6.45) is 2.93. The standard InChI is InChI=1S/C15H16O4/c1-2-5-15(9-14(16)19-10-15)11-3-4-12-13(8-11)18-7-6-17-12/h2-4,8H,1,5-7,9-10H2/t15-/m0/s1. The number of carbonyl (C=O) groups is 1. The van der Waals surface area contributed by atoms with Crippen LogP contribution < -0.4 is 9.47 Å². The zero-order valence-corrected chi connectivity index (χ0v) is 10.7. The lowest BCUT2D eigenvalue weighted by Gasteiger charge is -2.27. The van der Waals surface area contributed by atoms with Crippen molar-refractivity contribution in [1.82, 2.24) is 0 Å².